The number of rotatable bonds is 3. The molecule has 0 heterocycles. The molecular formula is C10H20O2. The largest absolute Gasteiger partial charge is 0.463 e. The van der Waals surface area contributed by atoms with Crippen LogP contribution < -0.4 is 0 Å². The minimum Gasteiger partial charge on any atom is -0.463 e. The molecule has 0 aliphatic heterocycles. The van der Waals surface area contributed by atoms with Gasteiger partial charge in [0.25, 0.3) is 0 Å². The van der Waals surface area contributed by atoms with Gasteiger partial charge in [-0.3, -0.25) is 4.79 Å². The van der Waals surface area contributed by atoms with Gasteiger partial charge in [-0.15, -0.1) is 0 Å². The van der Waals surface area contributed by atoms with Gasteiger partial charge in [0.1, 0.15) is 0 Å². The zero-order chi connectivity index (χ0) is 9.78. The number of hydrogen-bond acceptors (Lipinski definition) is 2. The average molecular weight is 172 g/mol. The van der Waals surface area contributed by atoms with E-state index in [4.69, 9.17) is 4.74 Å². The molecule has 2 heteroatoms. The standard InChI is InChI=1S/C10H20O2/c1-6-8(2)12-9(11)7-10(3,4)5/h8H,6-7H2,1-5H3. The fourth-order valence-electron chi connectivity index (χ4n) is 0.782. The Labute approximate surface area is 75.3 Å². The first kappa shape index (κ1) is 11.5. The van der Waals surface area contributed by atoms with Gasteiger partial charge in [0.2, 0.25) is 0 Å². The van der Waals surface area contributed by atoms with E-state index in [-0.39, 0.29) is 17.5 Å². The van der Waals surface area contributed by atoms with Crippen molar-refractivity contribution in [3.05, 3.63) is 0 Å². The minimum atomic E-state index is -0.0862. The molecule has 0 bridgehead atoms. The molecule has 0 aromatic carbocycles. The van der Waals surface area contributed by atoms with Crippen molar-refractivity contribution in [2.45, 2.75) is 53.6 Å². The predicted molar refractivity (Wildman–Crippen MR) is 49.9 cm³/mol. The van der Waals surface area contributed by atoms with E-state index in [1.54, 1.807) is 0 Å². The van der Waals surface area contributed by atoms with Crippen LogP contribution >= 0.6 is 0 Å². The van der Waals surface area contributed by atoms with Crippen LogP contribution in [0.5, 0.6) is 0 Å². The van der Waals surface area contributed by atoms with Crippen molar-refractivity contribution in [3.8, 4) is 0 Å². The van der Waals surface area contributed by atoms with Crippen molar-refractivity contribution in [1.29, 1.82) is 0 Å². The molecule has 0 aromatic heterocycles. The maximum atomic E-state index is 11.2. The Bertz CT molecular complexity index is 144. The van der Waals surface area contributed by atoms with Crippen LogP contribution in [0.25, 0.3) is 0 Å². The second kappa shape index (κ2) is 4.48. The predicted octanol–water partition coefficient (Wildman–Crippen LogP) is 2.76. The third kappa shape index (κ3) is 6.20. The van der Waals surface area contributed by atoms with Crippen LogP contribution in [-0.4, -0.2) is 12.1 Å². The number of carbonyl (C=O) groups is 1. The smallest absolute Gasteiger partial charge is 0.306 e. The van der Waals surface area contributed by atoms with Gasteiger partial charge in [-0.05, 0) is 18.8 Å². The van der Waals surface area contributed by atoms with E-state index >= 15 is 0 Å². The zero-order valence-corrected chi connectivity index (χ0v) is 8.81. The Kier molecular flexibility index (Phi) is 4.29. The first-order valence-electron chi connectivity index (χ1n) is 4.54. The van der Waals surface area contributed by atoms with Crippen molar-refractivity contribution in [1.82, 2.24) is 0 Å². The minimum absolute atomic E-state index is 0.0323. The van der Waals surface area contributed by atoms with Gasteiger partial charge in [-0.1, -0.05) is 27.7 Å². The van der Waals surface area contributed by atoms with Gasteiger partial charge in [-0.25, -0.2) is 0 Å². The van der Waals surface area contributed by atoms with Crippen molar-refractivity contribution in [2.24, 2.45) is 5.41 Å². The van der Waals surface area contributed by atoms with Crippen LogP contribution in [0.1, 0.15) is 47.5 Å². The molecule has 0 N–H and O–H groups in total. The Balaban J connectivity index is 3.75. The molecule has 72 valence electrons. The van der Waals surface area contributed by atoms with E-state index in [0.717, 1.165) is 6.42 Å². The highest BCUT2D eigenvalue weighted by molar-refractivity contribution is 5.70. The number of carbonyl (C=O) groups excluding carboxylic acids is 1. The lowest BCUT2D eigenvalue weighted by atomic mass is 9.92. The molecule has 1 atom stereocenters. The topological polar surface area (TPSA) is 26.3 Å². The van der Waals surface area contributed by atoms with E-state index in [1.807, 2.05) is 34.6 Å². The summed E-state index contributed by atoms with van der Waals surface area (Å²) in [5.41, 5.74) is 0.0323. The lowest BCUT2D eigenvalue weighted by Gasteiger charge is -2.18. The van der Waals surface area contributed by atoms with Gasteiger partial charge >= 0.3 is 5.97 Å². The van der Waals surface area contributed by atoms with Crippen LogP contribution in [0.3, 0.4) is 0 Å². The van der Waals surface area contributed by atoms with Crippen molar-refractivity contribution >= 4 is 5.97 Å². The van der Waals surface area contributed by atoms with Gasteiger partial charge in [0.15, 0.2) is 0 Å². The molecule has 0 saturated carbocycles. The van der Waals surface area contributed by atoms with Gasteiger partial charge in [0.05, 0.1) is 12.5 Å². The fraction of sp³-hybridized carbons (Fsp3) is 0.900. The van der Waals surface area contributed by atoms with Crippen molar-refractivity contribution < 1.29 is 9.53 Å². The summed E-state index contributed by atoms with van der Waals surface area (Å²) in [6.07, 6.45) is 1.44. The quantitative estimate of drug-likeness (QED) is 0.612. The first-order valence-corrected chi connectivity index (χ1v) is 4.54. The third-order valence-corrected chi connectivity index (χ3v) is 1.58. The highest BCUT2D eigenvalue weighted by atomic mass is 16.5. The Hall–Kier alpha value is -0.530. The van der Waals surface area contributed by atoms with Gasteiger partial charge in [0, 0.05) is 0 Å². The monoisotopic (exact) mass is 172 g/mol. The average Bonchev–Trinajstić information content (AvgIpc) is 1.82. The molecule has 0 amide bonds. The number of hydrogen-bond donors (Lipinski definition) is 0. The second-order valence-corrected chi connectivity index (χ2v) is 4.45. The number of esters is 1. The van der Waals surface area contributed by atoms with E-state index < -0.39 is 0 Å². The Morgan fingerprint density at radius 1 is 1.42 bits per heavy atom. The normalized spacial score (nSPS) is 14.1. The molecule has 0 fully saturated rings. The summed E-state index contributed by atoms with van der Waals surface area (Å²) >= 11 is 0. The molecule has 0 aliphatic rings. The van der Waals surface area contributed by atoms with E-state index in [2.05, 4.69) is 0 Å². The second-order valence-electron chi connectivity index (χ2n) is 4.45. The molecule has 0 spiro atoms. The molecule has 2 nitrogen and oxygen atoms in total. The van der Waals surface area contributed by atoms with Gasteiger partial charge in [-0.2, -0.15) is 0 Å². The lowest BCUT2D eigenvalue weighted by Crippen LogP contribution is -2.19. The molecule has 0 saturated heterocycles. The van der Waals surface area contributed by atoms with E-state index in [0.29, 0.717) is 6.42 Å². The van der Waals surface area contributed by atoms with Crippen molar-refractivity contribution in [3.63, 3.8) is 0 Å². The lowest BCUT2D eigenvalue weighted by molar-refractivity contribution is -0.150. The Morgan fingerprint density at radius 2 is 1.92 bits per heavy atom. The van der Waals surface area contributed by atoms with Crippen LogP contribution in [0.2, 0.25) is 0 Å². The summed E-state index contributed by atoms with van der Waals surface area (Å²) in [6, 6.07) is 0. The fourth-order valence-corrected chi connectivity index (χ4v) is 0.782. The summed E-state index contributed by atoms with van der Waals surface area (Å²) in [4.78, 5) is 11.2. The summed E-state index contributed by atoms with van der Waals surface area (Å²) in [5.74, 6) is -0.0862. The first-order chi connectivity index (χ1) is 5.35. The third-order valence-electron chi connectivity index (χ3n) is 1.58. The molecule has 0 aromatic rings. The summed E-state index contributed by atoms with van der Waals surface area (Å²) < 4.78 is 5.14. The maximum Gasteiger partial charge on any atom is 0.306 e. The Morgan fingerprint density at radius 3 is 2.25 bits per heavy atom. The number of ether oxygens (including phenoxy) is 1. The molecule has 1 unspecified atom stereocenters. The van der Waals surface area contributed by atoms with E-state index in [9.17, 15) is 4.79 Å². The molecular weight excluding hydrogens is 152 g/mol. The maximum absolute atomic E-state index is 11.2. The molecule has 0 radical (unpaired) electrons. The van der Waals surface area contributed by atoms with Crippen LogP contribution in [0.4, 0.5) is 0 Å². The van der Waals surface area contributed by atoms with Gasteiger partial charge < -0.3 is 4.74 Å². The van der Waals surface area contributed by atoms with Crippen LogP contribution in [0, 0.1) is 5.41 Å². The van der Waals surface area contributed by atoms with Crippen molar-refractivity contribution in [2.75, 3.05) is 0 Å². The summed E-state index contributed by atoms with van der Waals surface area (Å²) in [7, 11) is 0. The van der Waals surface area contributed by atoms with Crippen LogP contribution in [-0.2, 0) is 9.53 Å². The molecule has 0 aliphatic carbocycles. The summed E-state index contributed by atoms with van der Waals surface area (Å²) in [5, 5.41) is 0. The highest BCUT2D eigenvalue weighted by Crippen LogP contribution is 2.19. The molecule has 0 rings (SSSR count). The summed E-state index contributed by atoms with van der Waals surface area (Å²) in [6.45, 7) is 10.0. The highest BCUT2D eigenvalue weighted by Gasteiger charge is 2.18. The molecule has 12 heavy (non-hydrogen) atoms. The van der Waals surface area contributed by atoms with E-state index in [1.165, 1.54) is 0 Å². The SMILES string of the molecule is CCC(C)OC(=O)CC(C)(C)C. The van der Waals surface area contributed by atoms with Crippen LogP contribution in [0.15, 0.2) is 0 Å². The zero-order valence-electron chi connectivity index (χ0n) is 8.81.